The maximum Gasteiger partial charge on any atom is 0.225 e. The van der Waals surface area contributed by atoms with Crippen molar-refractivity contribution in [2.45, 2.75) is 6.42 Å². The van der Waals surface area contributed by atoms with Gasteiger partial charge in [0.1, 0.15) is 5.82 Å². The average molecular weight is 357 g/mol. The molecule has 26 heavy (non-hydrogen) atoms. The highest BCUT2D eigenvalue weighted by atomic mass is 19.2. The Morgan fingerprint density at radius 2 is 1.96 bits per heavy atom. The van der Waals surface area contributed by atoms with E-state index >= 15 is 0 Å². The number of halogens is 2. The zero-order chi connectivity index (χ0) is 18.4. The van der Waals surface area contributed by atoms with E-state index in [2.05, 4.69) is 25.6 Å². The van der Waals surface area contributed by atoms with Gasteiger partial charge in [-0.2, -0.15) is 4.98 Å². The van der Waals surface area contributed by atoms with Gasteiger partial charge >= 0.3 is 0 Å². The molecular formula is C18H17F2N5O. The molecule has 0 saturated carbocycles. The molecule has 0 saturated heterocycles. The van der Waals surface area contributed by atoms with Crippen LogP contribution < -0.4 is 10.6 Å². The van der Waals surface area contributed by atoms with E-state index < -0.39 is 11.6 Å². The summed E-state index contributed by atoms with van der Waals surface area (Å²) < 4.78 is 27.3. The first-order chi connectivity index (χ1) is 12.7. The van der Waals surface area contributed by atoms with E-state index in [1.165, 1.54) is 12.1 Å². The van der Waals surface area contributed by atoms with Crippen molar-refractivity contribution in [3.63, 3.8) is 0 Å². The van der Waals surface area contributed by atoms with E-state index in [1.807, 2.05) is 6.07 Å². The summed E-state index contributed by atoms with van der Waals surface area (Å²) in [6.45, 7) is 0.510. The van der Waals surface area contributed by atoms with Crippen molar-refractivity contribution in [1.29, 1.82) is 0 Å². The normalized spacial score (nSPS) is 10.6. The number of anilines is 3. The first-order valence-electron chi connectivity index (χ1n) is 8.02. The van der Waals surface area contributed by atoms with E-state index in [0.717, 1.165) is 11.6 Å². The number of hydrogen-bond acceptors (Lipinski definition) is 6. The van der Waals surface area contributed by atoms with Crippen molar-refractivity contribution in [2.24, 2.45) is 0 Å². The number of benzene rings is 1. The second-order valence-electron chi connectivity index (χ2n) is 5.43. The van der Waals surface area contributed by atoms with Crippen molar-refractivity contribution in [3.05, 3.63) is 60.4 Å². The Morgan fingerprint density at radius 3 is 2.73 bits per heavy atom. The fourth-order valence-corrected chi connectivity index (χ4v) is 2.27. The van der Waals surface area contributed by atoms with Gasteiger partial charge in [-0.15, -0.1) is 0 Å². The molecular weight excluding hydrogens is 340 g/mol. The van der Waals surface area contributed by atoms with E-state index in [1.54, 1.807) is 24.5 Å². The molecule has 3 N–H and O–H groups in total. The van der Waals surface area contributed by atoms with Gasteiger partial charge < -0.3 is 15.7 Å². The minimum absolute atomic E-state index is 0.0258. The molecule has 1 aromatic carbocycles. The molecule has 0 spiro atoms. The SMILES string of the molecule is OCCCNc1nc(Nc2cccc(F)c2F)cc(-c2cccnc2)n1. The van der Waals surface area contributed by atoms with Gasteiger partial charge in [0.15, 0.2) is 11.6 Å². The zero-order valence-corrected chi connectivity index (χ0v) is 13.8. The molecule has 8 heteroatoms. The van der Waals surface area contributed by atoms with Crippen molar-refractivity contribution in [2.75, 3.05) is 23.8 Å². The standard InChI is InChI=1S/C18H17F2N5O/c19-13-5-1-6-14(17(13)20)23-16-10-15(12-4-2-7-21-11-12)24-18(25-16)22-8-3-9-26/h1-2,4-7,10-11,26H,3,8-9H2,(H2,22,23,24,25). The molecule has 0 atom stereocenters. The van der Waals surface area contributed by atoms with Gasteiger partial charge in [-0.05, 0) is 30.7 Å². The number of nitrogens with zero attached hydrogens (tertiary/aromatic N) is 3. The Morgan fingerprint density at radius 1 is 1.08 bits per heavy atom. The van der Waals surface area contributed by atoms with Gasteiger partial charge in [-0.25, -0.2) is 13.8 Å². The minimum Gasteiger partial charge on any atom is -0.396 e. The lowest BCUT2D eigenvalue weighted by atomic mass is 10.2. The molecule has 3 rings (SSSR count). The molecule has 0 radical (unpaired) electrons. The Hall–Kier alpha value is -3.13. The zero-order valence-electron chi connectivity index (χ0n) is 13.8. The third-order valence-corrected chi connectivity index (χ3v) is 3.52. The number of hydrogen-bond donors (Lipinski definition) is 3. The molecule has 134 valence electrons. The maximum absolute atomic E-state index is 13.9. The molecule has 0 amide bonds. The summed E-state index contributed by atoms with van der Waals surface area (Å²) in [5.74, 6) is -1.32. The van der Waals surface area contributed by atoms with Crippen LogP contribution >= 0.6 is 0 Å². The van der Waals surface area contributed by atoms with Gasteiger partial charge in [0.25, 0.3) is 0 Å². The lowest BCUT2D eigenvalue weighted by Gasteiger charge is -2.12. The smallest absolute Gasteiger partial charge is 0.225 e. The lowest BCUT2D eigenvalue weighted by Crippen LogP contribution is -2.09. The molecule has 0 bridgehead atoms. The average Bonchev–Trinajstić information content (AvgIpc) is 2.66. The van der Waals surface area contributed by atoms with Crippen LogP contribution in [0.15, 0.2) is 48.8 Å². The van der Waals surface area contributed by atoms with Crippen LogP contribution in [0, 0.1) is 11.6 Å². The molecule has 3 aromatic rings. The largest absolute Gasteiger partial charge is 0.396 e. The van der Waals surface area contributed by atoms with Crippen LogP contribution in [0.5, 0.6) is 0 Å². The molecule has 0 aliphatic heterocycles. The van der Waals surface area contributed by atoms with Gasteiger partial charge in [0.05, 0.1) is 11.4 Å². The number of aromatic nitrogens is 3. The summed E-state index contributed by atoms with van der Waals surface area (Å²) in [5.41, 5.74) is 1.30. The van der Waals surface area contributed by atoms with Crippen molar-refractivity contribution >= 4 is 17.5 Å². The van der Waals surface area contributed by atoms with Gasteiger partial charge in [-0.1, -0.05) is 6.07 Å². The quantitative estimate of drug-likeness (QED) is 0.563. The van der Waals surface area contributed by atoms with Crippen molar-refractivity contribution in [1.82, 2.24) is 15.0 Å². The van der Waals surface area contributed by atoms with Crippen LogP contribution in [0.2, 0.25) is 0 Å². The topological polar surface area (TPSA) is 83.0 Å². The molecule has 2 heterocycles. The lowest BCUT2D eigenvalue weighted by molar-refractivity contribution is 0.292. The van der Waals surface area contributed by atoms with Crippen LogP contribution in [0.4, 0.5) is 26.2 Å². The Labute approximate surface area is 149 Å². The highest BCUT2D eigenvalue weighted by Crippen LogP contribution is 2.25. The summed E-state index contributed by atoms with van der Waals surface area (Å²) in [5, 5.41) is 14.7. The molecule has 0 aliphatic carbocycles. The van der Waals surface area contributed by atoms with Crippen LogP contribution in [0.3, 0.4) is 0 Å². The van der Waals surface area contributed by atoms with Gasteiger partial charge in [0, 0.05) is 37.2 Å². The molecule has 0 aliphatic rings. The van der Waals surface area contributed by atoms with Crippen LogP contribution in [0.1, 0.15) is 6.42 Å². The Kier molecular flexibility index (Phi) is 5.65. The summed E-state index contributed by atoms with van der Waals surface area (Å²) in [7, 11) is 0. The number of pyridine rings is 1. The van der Waals surface area contributed by atoms with Gasteiger partial charge in [0.2, 0.25) is 5.95 Å². The predicted molar refractivity (Wildman–Crippen MR) is 95.1 cm³/mol. The Balaban J connectivity index is 1.95. The summed E-state index contributed by atoms with van der Waals surface area (Å²) in [6, 6.07) is 9.10. The highest BCUT2D eigenvalue weighted by Gasteiger charge is 2.11. The molecule has 0 fully saturated rings. The number of aliphatic hydroxyl groups is 1. The number of nitrogens with one attached hydrogen (secondary N) is 2. The van der Waals surface area contributed by atoms with Crippen LogP contribution in [-0.2, 0) is 0 Å². The Bertz CT molecular complexity index is 877. The molecule has 6 nitrogen and oxygen atoms in total. The van der Waals surface area contributed by atoms with E-state index in [9.17, 15) is 8.78 Å². The number of aliphatic hydroxyl groups excluding tert-OH is 1. The number of rotatable bonds is 7. The third-order valence-electron chi connectivity index (χ3n) is 3.52. The van der Waals surface area contributed by atoms with Crippen LogP contribution in [0.25, 0.3) is 11.3 Å². The second-order valence-corrected chi connectivity index (χ2v) is 5.43. The first kappa shape index (κ1) is 17.7. The summed E-state index contributed by atoms with van der Waals surface area (Å²) >= 11 is 0. The molecule has 0 unspecified atom stereocenters. The minimum atomic E-state index is -0.983. The monoisotopic (exact) mass is 357 g/mol. The van der Waals surface area contributed by atoms with Crippen molar-refractivity contribution < 1.29 is 13.9 Å². The molecule has 2 aromatic heterocycles. The first-order valence-corrected chi connectivity index (χ1v) is 8.02. The van der Waals surface area contributed by atoms with Gasteiger partial charge in [-0.3, -0.25) is 4.98 Å². The highest BCUT2D eigenvalue weighted by molar-refractivity contribution is 5.67. The van der Waals surface area contributed by atoms with E-state index in [0.29, 0.717) is 30.4 Å². The predicted octanol–water partition coefficient (Wildman–Crippen LogP) is 3.35. The fourth-order valence-electron chi connectivity index (χ4n) is 2.27. The van der Waals surface area contributed by atoms with E-state index in [-0.39, 0.29) is 12.3 Å². The fraction of sp³-hybridized carbons (Fsp3) is 0.167. The summed E-state index contributed by atoms with van der Waals surface area (Å²) in [4.78, 5) is 12.7. The summed E-state index contributed by atoms with van der Waals surface area (Å²) in [6.07, 6.45) is 3.82. The third kappa shape index (κ3) is 4.28. The second kappa shape index (κ2) is 8.30. The van der Waals surface area contributed by atoms with E-state index in [4.69, 9.17) is 5.11 Å². The van der Waals surface area contributed by atoms with Crippen LogP contribution in [-0.4, -0.2) is 33.2 Å². The maximum atomic E-state index is 13.9. The van der Waals surface area contributed by atoms with Crippen molar-refractivity contribution in [3.8, 4) is 11.3 Å².